The number of carbonyl (C=O) groups is 10. The normalized spacial score (nSPS) is 19.4. The molecule has 25 nitrogen and oxygen atoms in total. The highest BCUT2D eigenvalue weighted by atomic mass is 16.4. The maximum atomic E-state index is 14.3. The van der Waals surface area contributed by atoms with Crippen LogP contribution < -0.4 is 54.8 Å². The minimum absolute atomic E-state index is 0.0347. The van der Waals surface area contributed by atoms with Crippen molar-refractivity contribution in [3.05, 3.63) is 0 Å². The van der Waals surface area contributed by atoms with Crippen molar-refractivity contribution in [2.24, 2.45) is 51.6 Å². The Labute approximate surface area is 422 Å². The van der Waals surface area contributed by atoms with Gasteiger partial charge in [0.05, 0.1) is 18.6 Å². The predicted octanol–water partition coefficient (Wildman–Crippen LogP) is -2.61. The number of carboxylic acid groups (broad SMARTS) is 1. The summed E-state index contributed by atoms with van der Waals surface area (Å²) in [6.07, 6.45) is -0.0780. The second-order valence-electron chi connectivity index (χ2n) is 20.2. The van der Waals surface area contributed by atoms with Crippen LogP contribution in [-0.4, -0.2) is 165 Å². The summed E-state index contributed by atoms with van der Waals surface area (Å²) in [4.78, 5) is 141. The van der Waals surface area contributed by atoms with Gasteiger partial charge in [0.15, 0.2) is 5.96 Å². The Bertz CT molecular complexity index is 1940. The van der Waals surface area contributed by atoms with Crippen LogP contribution in [0.4, 0.5) is 0 Å². The Morgan fingerprint density at radius 1 is 0.625 bits per heavy atom. The van der Waals surface area contributed by atoms with Crippen LogP contribution in [0.3, 0.4) is 0 Å². The first-order chi connectivity index (χ1) is 33.6. The summed E-state index contributed by atoms with van der Waals surface area (Å²) in [5, 5.41) is 36.2. The lowest BCUT2D eigenvalue weighted by atomic mass is 9.97. The van der Waals surface area contributed by atoms with E-state index in [1.54, 1.807) is 27.7 Å². The third-order valence-electron chi connectivity index (χ3n) is 12.7. The molecule has 2 rings (SSSR count). The Morgan fingerprint density at radius 2 is 1.12 bits per heavy atom. The van der Waals surface area contributed by atoms with Crippen LogP contribution in [0.25, 0.3) is 0 Å². The van der Waals surface area contributed by atoms with E-state index in [0.29, 0.717) is 25.7 Å². The minimum Gasteiger partial charge on any atom is -0.480 e. The van der Waals surface area contributed by atoms with Gasteiger partial charge in [0.2, 0.25) is 53.2 Å². The molecule has 2 saturated heterocycles. The highest BCUT2D eigenvalue weighted by molar-refractivity contribution is 5.99. The van der Waals surface area contributed by atoms with Crippen LogP contribution in [-0.2, 0) is 47.9 Å². The SMILES string of the molecule is CC[C@H](C)[C@H](NC(=O)[C@@H]1CCCN1C(=O)[C@@H](NC(=O)[C@H](CC(C)C)NC(=O)[C@@H]1CCCN1C(=O)[C@@H](NC(=O)[C@@H](N)CC(C)C)C(C)C)[C@@H](C)O)C(=O)N[C@@H](CC(N)=O)C(=O)N[C@@H](CCCN=C(N)N)C(=O)O. The number of hydrogen-bond donors (Lipinski definition) is 12. The third kappa shape index (κ3) is 19.1. The van der Waals surface area contributed by atoms with Crippen molar-refractivity contribution in [2.75, 3.05) is 19.6 Å². The molecule has 2 aliphatic rings. The standard InChI is InChI=1S/C47H83N13O12/c1-10-26(8)36(43(68)55-31(22-34(49)62)39(64)53-29(46(71)72)14-11-17-52-47(50)51)57-42(67)33-16-13-19-60(33)45(70)37(27(9)61)58-40(65)30(21-24(4)5)54-41(66)32-15-12-18-59(32)44(69)35(25(6)7)56-38(63)28(48)20-23(2)3/h23-33,35-37,61H,10-22,48H2,1-9H3,(H2,49,62)(H,53,64)(H,54,66)(H,55,68)(H,56,63)(H,57,67)(H,58,65)(H,71,72)(H4,50,51,52)/t26-,27+,28-,29-,30-,31-,32-,33-,35-,36-,37-/m0/s1. The number of nitrogens with one attached hydrogen (secondary N) is 6. The first kappa shape index (κ1) is 62.0. The molecule has 408 valence electrons. The summed E-state index contributed by atoms with van der Waals surface area (Å²) < 4.78 is 0. The maximum Gasteiger partial charge on any atom is 0.326 e. The van der Waals surface area contributed by atoms with Gasteiger partial charge in [-0.1, -0.05) is 61.8 Å². The van der Waals surface area contributed by atoms with E-state index in [1.165, 1.54) is 16.7 Å². The van der Waals surface area contributed by atoms with E-state index >= 15 is 0 Å². The molecule has 9 amide bonds. The monoisotopic (exact) mass is 1020 g/mol. The van der Waals surface area contributed by atoms with E-state index in [-0.39, 0.29) is 75.5 Å². The zero-order chi connectivity index (χ0) is 54.7. The smallest absolute Gasteiger partial charge is 0.326 e. The third-order valence-corrected chi connectivity index (χ3v) is 12.7. The van der Waals surface area contributed by atoms with E-state index in [9.17, 15) is 58.2 Å². The van der Waals surface area contributed by atoms with Crippen molar-refractivity contribution >= 4 is 65.1 Å². The van der Waals surface area contributed by atoms with E-state index < -0.39 is 132 Å². The van der Waals surface area contributed by atoms with Gasteiger partial charge in [0.1, 0.15) is 48.3 Å². The number of carboxylic acids is 1. The van der Waals surface area contributed by atoms with E-state index in [0.717, 1.165) is 0 Å². The average molecular weight is 1020 g/mol. The Morgan fingerprint density at radius 3 is 1.60 bits per heavy atom. The van der Waals surface area contributed by atoms with Crippen molar-refractivity contribution in [3.8, 4) is 0 Å². The zero-order valence-corrected chi connectivity index (χ0v) is 43.4. The van der Waals surface area contributed by atoms with Crippen LogP contribution in [0.5, 0.6) is 0 Å². The van der Waals surface area contributed by atoms with Crippen molar-refractivity contribution < 1.29 is 58.2 Å². The van der Waals surface area contributed by atoms with E-state index in [4.69, 9.17) is 22.9 Å². The molecule has 0 aromatic carbocycles. The number of guanidine groups is 1. The number of rotatable bonds is 29. The van der Waals surface area contributed by atoms with Gasteiger partial charge in [0, 0.05) is 19.6 Å². The first-order valence-electron chi connectivity index (χ1n) is 25.0. The van der Waals surface area contributed by atoms with Gasteiger partial charge in [0.25, 0.3) is 0 Å². The summed E-state index contributed by atoms with van der Waals surface area (Å²) in [6.45, 7) is 16.0. The highest BCUT2D eigenvalue weighted by Crippen LogP contribution is 2.23. The zero-order valence-electron chi connectivity index (χ0n) is 43.4. The second kappa shape index (κ2) is 29.4. The fraction of sp³-hybridized carbons (Fsp3) is 0.766. The summed E-state index contributed by atoms with van der Waals surface area (Å²) in [7, 11) is 0. The maximum absolute atomic E-state index is 14.3. The predicted molar refractivity (Wildman–Crippen MR) is 265 cm³/mol. The molecule has 0 spiro atoms. The molecule has 0 aromatic heterocycles. The van der Waals surface area contributed by atoms with E-state index in [2.05, 4.69) is 36.9 Å². The Kier molecular flexibility index (Phi) is 25.3. The molecule has 0 saturated carbocycles. The van der Waals surface area contributed by atoms with Gasteiger partial charge in [-0.15, -0.1) is 0 Å². The lowest BCUT2D eigenvalue weighted by Gasteiger charge is -2.33. The van der Waals surface area contributed by atoms with Crippen LogP contribution in [0.1, 0.15) is 127 Å². The first-order valence-corrected chi connectivity index (χ1v) is 25.0. The molecule has 72 heavy (non-hydrogen) atoms. The number of hydrogen-bond acceptors (Lipinski definition) is 13. The number of carbonyl (C=O) groups excluding carboxylic acids is 9. The Balaban J connectivity index is 2.28. The van der Waals surface area contributed by atoms with Crippen molar-refractivity contribution in [3.63, 3.8) is 0 Å². The fourth-order valence-electron chi connectivity index (χ4n) is 8.62. The van der Waals surface area contributed by atoms with E-state index in [1.807, 2.05) is 27.7 Å². The number of aliphatic hydroxyl groups excluding tert-OH is 1. The molecular formula is C47H83N13O12. The van der Waals surface area contributed by atoms with Crippen LogP contribution >= 0.6 is 0 Å². The van der Waals surface area contributed by atoms with Crippen molar-refractivity contribution in [2.45, 2.75) is 187 Å². The molecule has 0 bridgehead atoms. The molecule has 2 fully saturated rings. The molecule has 0 unspecified atom stereocenters. The molecule has 25 heteroatoms. The number of amides is 9. The molecular weight excluding hydrogens is 939 g/mol. The highest BCUT2D eigenvalue weighted by Gasteiger charge is 2.44. The van der Waals surface area contributed by atoms with Crippen LogP contribution in [0, 0.1) is 23.7 Å². The number of nitrogens with zero attached hydrogens (tertiary/aromatic N) is 3. The molecule has 0 radical (unpaired) electrons. The quantitative estimate of drug-likeness (QED) is 0.0208. The molecule has 2 heterocycles. The summed E-state index contributed by atoms with van der Waals surface area (Å²) >= 11 is 0. The second-order valence-corrected chi connectivity index (χ2v) is 20.2. The van der Waals surface area contributed by atoms with Gasteiger partial charge < -0.3 is 74.8 Å². The number of primary amides is 1. The number of nitrogens with two attached hydrogens (primary N) is 4. The molecule has 0 aromatic rings. The number of aliphatic imine (C=N–C) groups is 1. The summed E-state index contributed by atoms with van der Waals surface area (Å²) in [5.41, 5.74) is 22.1. The summed E-state index contributed by atoms with van der Waals surface area (Å²) in [6, 6.07) is -11.2. The average Bonchev–Trinajstić information content (AvgIpc) is 3.99. The van der Waals surface area contributed by atoms with Crippen molar-refractivity contribution in [1.29, 1.82) is 0 Å². The molecule has 0 aliphatic carbocycles. The topological polar surface area (TPSA) is 406 Å². The largest absolute Gasteiger partial charge is 0.480 e. The minimum atomic E-state index is -1.64. The van der Waals surface area contributed by atoms with Gasteiger partial charge in [-0.25, -0.2) is 4.79 Å². The molecule has 11 atom stereocenters. The fourth-order valence-corrected chi connectivity index (χ4v) is 8.62. The van der Waals surface area contributed by atoms with Crippen LogP contribution in [0.15, 0.2) is 4.99 Å². The van der Waals surface area contributed by atoms with Gasteiger partial charge in [-0.3, -0.25) is 48.1 Å². The Hall–Kier alpha value is -6.11. The summed E-state index contributed by atoms with van der Waals surface area (Å²) in [5.74, 6) is -9.43. The van der Waals surface area contributed by atoms with Gasteiger partial charge >= 0.3 is 5.97 Å². The van der Waals surface area contributed by atoms with Gasteiger partial charge in [-0.05, 0) is 82.0 Å². The molecule has 16 N–H and O–H groups in total. The number of aliphatic carboxylic acids is 1. The lowest BCUT2D eigenvalue weighted by molar-refractivity contribution is -0.145. The van der Waals surface area contributed by atoms with Crippen LogP contribution in [0.2, 0.25) is 0 Å². The van der Waals surface area contributed by atoms with Gasteiger partial charge in [-0.2, -0.15) is 0 Å². The lowest BCUT2D eigenvalue weighted by Crippen LogP contribution is -2.62. The molecule has 2 aliphatic heterocycles. The number of aliphatic hydroxyl groups is 1. The van der Waals surface area contributed by atoms with Crippen molar-refractivity contribution in [1.82, 2.24) is 41.7 Å². The number of likely N-dealkylation sites (tertiary alicyclic amines) is 2.